The van der Waals surface area contributed by atoms with Crippen LogP contribution < -0.4 is 22.1 Å². The lowest BCUT2D eigenvalue weighted by atomic mass is 10.2. The molecule has 0 rings (SSSR count). The van der Waals surface area contributed by atoms with E-state index in [9.17, 15) is 14.4 Å². The SMILES string of the molecule is C[C@H](N)C(=O)N[C@@H](C)C(=O)N[C@@H](C)C(N)=O. The highest BCUT2D eigenvalue weighted by atomic mass is 16.2. The molecule has 0 heterocycles. The van der Waals surface area contributed by atoms with Crippen molar-refractivity contribution in [2.24, 2.45) is 11.5 Å². The molecular formula is C9H18N4O3. The Bertz CT molecular complexity index is 290. The fourth-order valence-corrected chi connectivity index (χ4v) is 0.820. The van der Waals surface area contributed by atoms with Crippen LogP contribution in [0.2, 0.25) is 0 Å². The van der Waals surface area contributed by atoms with Crippen molar-refractivity contribution in [2.45, 2.75) is 38.9 Å². The molecule has 16 heavy (non-hydrogen) atoms. The Morgan fingerprint density at radius 2 is 1.38 bits per heavy atom. The van der Waals surface area contributed by atoms with Crippen molar-refractivity contribution in [1.29, 1.82) is 0 Å². The van der Waals surface area contributed by atoms with Crippen LogP contribution in [0.25, 0.3) is 0 Å². The van der Waals surface area contributed by atoms with Gasteiger partial charge in [-0.15, -0.1) is 0 Å². The van der Waals surface area contributed by atoms with Gasteiger partial charge in [0.2, 0.25) is 17.7 Å². The van der Waals surface area contributed by atoms with Gasteiger partial charge in [0.1, 0.15) is 12.1 Å². The first-order valence-electron chi connectivity index (χ1n) is 4.91. The van der Waals surface area contributed by atoms with E-state index in [2.05, 4.69) is 10.6 Å². The number of nitrogens with one attached hydrogen (secondary N) is 2. The molecule has 0 spiro atoms. The van der Waals surface area contributed by atoms with E-state index >= 15 is 0 Å². The molecule has 0 aromatic rings. The third-order valence-electron chi connectivity index (χ3n) is 1.95. The largest absolute Gasteiger partial charge is 0.368 e. The normalized spacial score (nSPS) is 15.8. The Labute approximate surface area is 93.9 Å². The maximum Gasteiger partial charge on any atom is 0.242 e. The van der Waals surface area contributed by atoms with Crippen LogP contribution in [0.4, 0.5) is 0 Å². The predicted molar refractivity (Wildman–Crippen MR) is 58.1 cm³/mol. The van der Waals surface area contributed by atoms with Gasteiger partial charge in [-0.2, -0.15) is 0 Å². The highest BCUT2D eigenvalue weighted by Crippen LogP contribution is 1.87. The van der Waals surface area contributed by atoms with E-state index in [-0.39, 0.29) is 0 Å². The number of hydrogen-bond acceptors (Lipinski definition) is 4. The van der Waals surface area contributed by atoms with Crippen LogP contribution in [0.5, 0.6) is 0 Å². The summed E-state index contributed by atoms with van der Waals surface area (Å²) in [5.74, 6) is -1.56. The second-order valence-corrected chi connectivity index (χ2v) is 3.65. The number of carbonyl (C=O) groups excluding carboxylic acids is 3. The van der Waals surface area contributed by atoms with Gasteiger partial charge in [0.15, 0.2) is 0 Å². The zero-order valence-electron chi connectivity index (χ0n) is 9.61. The molecule has 0 aromatic heterocycles. The second kappa shape index (κ2) is 6.06. The minimum absolute atomic E-state index is 0.436. The van der Waals surface area contributed by atoms with Gasteiger partial charge in [0, 0.05) is 0 Å². The van der Waals surface area contributed by atoms with Gasteiger partial charge in [-0.25, -0.2) is 0 Å². The lowest BCUT2D eigenvalue weighted by molar-refractivity contribution is -0.131. The van der Waals surface area contributed by atoms with Gasteiger partial charge >= 0.3 is 0 Å². The Morgan fingerprint density at radius 1 is 0.938 bits per heavy atom. The van der Waals surface area contributed by atoms with Crippen molar-refractivity contribution < 1.29 is 14.4 Å². The molecule has 0 saturated heterocycles. The molecule has 0 aliphatic carbocycles. The Balaban J connectivity index is 4.19. The van der Waals surface area contributed by atoms with E-state index in [0.717, 1.165) is 0 Å². The summed E-state index contributed by atoms with van der Waals surface area (Å²) in [4.78, 5) is 33.3. The van der Waals surface area contributed by atoms with E-state index in [1.54, 1.807) is 0 Å². The topological polar surface area (TPSA) is 127 Å². The van der Waals surface area contributed by atoms with E-state index in [1.165, 1.54) is 20.8 Å². The summed E-state index contributed by atoms with van der Waals surface area (Å²) in [5.41, 5.74) is 10.3. The van der Waals surface area contributed by atoms with Crippen molar-refractivity contribution in [2.75, 3.05) is 0 Å². The highest BCUT2D eigenvalue weighted by molar-refractivity contribution is 5.92. The van der Waals surface area contributed by atoms with Crippen LogP contribution in [0.3, 0.4) is 0 Å². The number of primary amides is 1. The van der Waals surface area contributed by atoms with E-state index in [4.69, 9.17) is 11.5 Å². The van der Waals surface area contributed by atoms with Gasteiger partial charge in [0.25, 0.3) is 0 Å². The molecular weight excluding hydrogens is 212 g/mol. The summed E-state index contributed by atoms with van der Waals surface area (Å²) in [5, 5.41) is 4.75. The second-order valence-electron chi connectivity index (χ2n) is 3.65. The highest BCUT2D eigenvalue weighted by Gasteiger charge is 2.20. The first kappa shape index (κ1) is 14.4. The zero-order valence-corrected chi connectivity index (χ0v) is 9.61. The fraction of sp³-hybridized carbons (Fsp3) is 0.667. The molecule has 0 radical (unpaired) electrons. The molecule has 6 N–H and O–H groups in total. The zero-order chi connectivity index (χ0) is 12.9. The molecule has 0 fully saturated rings. The summed E-state index contributed by atoms with van der Waals surface area (Å²) < 4.78 is 0. The molecule has 3 atom stereocenters. The molecule has 0 saturated carbocycles. The number of nitrogens with two attached hydrogens (primary N) is 2. The number of carbonyl (C=O) groups is 3. The van der Waals surface area contributed by atoms with E-state index in [1.807, 2.05) is 0 Å². The average molecular weight is 230 g/mol. The van der Waals surface area contributed by atoms with Gasteiger partial charge in [-0.1, -0.05) is 0 Å². The summed E-state index contributed by atoms with van der Waals surface area (Å²) in [7, 11) is 0. The first-order valence-corrected chi connectivity index (χ1v) is 4.91. The van der Waals surface area contributed by atoms with Gasteiger partial charge in [0.05, 0.1) is 6.04 Å². The van der Waals surface area contributed by atoms with Crippen molar-refractivity contribution in [3.8, 4) is 0 Å². The average Bonchev–Trinajstić information content (AvgIpc) is 2.16. The predicted octanol–water partition coefficient (Wildman–Crippen LogP) is -2.17. The molecule has 0 bridgehead atoms. The summed E-state index contributed by atoms with van der Waals surface area (Å²) in [6.45, 7) is 4.45. The molecule has 7 nitrogen and oxygen atoms in total. The van der Waals surface area contributed by atoms with E-state index in [0.29, 0.717) is 0 Å². The van der Waals surface area contributed by atoms with Gasteiger partial charge in [-0.3, -0.25) is 14.4 Å². The Kier molecular flexibility index (Phi) is 5.44. The van der Waals surface area contributed by atoms with Crippen molar-refractivity contribution >= 4 is 17.7 Å². The molecule has 0 aromatic carbocycles. The molecule has 0 unspecified atom stereocenters. The number of hydrogen-bond donors (Lipinski definition) is 4. The van der Waals surface area contributed by atoms with Gasteiger partial charge in [-0.05, 0) is 20.8 Å². The lowest BCUT2D eigenvalue weighted by Crippen LogP contribution is -2.53. The monoisotopic (exact) mass is 230 g/mol. The standard InChI is InChI=1S/C9H18N4O3/c1-4(10)8(15)13-6(3)9(16)12-5(2)7(11)14/h4-6H,10H2,1-3H3,(H2,11,14)(H,12,16)(H,13,15)/t4-,5-,6-/m0/s1. The third kappa shape index (κ3) is 4.74. The third-order valence-corrected chi connectivity index (χ3v) is 1.95. The number of amides is 3. The minimum atomic E-state index is -0.776. The number of rotatable bonds is 5. The quantitative estimate of drug-likeness (QED) is 0.428. The molecule has 0 aliphatic rings. The lowest BCUT2D eigenvalue weighted by Gasteiger charge is -2.17. The van der Waals surface area contributed by atoms with Crippen LogP contribution in [-0.2, 0) is 14.4 Å². The summed E-state index contributed by atoms with van der Waals surface area (Å²) >= 11 is 0. The maximum atomic E-state index is 11.4. The Morgan fingerprint density at radius 3 is 1.75 bits per heavy atom. The van der Waals surface area contributed by atoms with Crippen LogP contribution >= 0.6 is 0 Å². The minimum Gasteiger partial charge on any atom is -0.368 e. The van der Waals surface area contributed by atoms with Crippen LogP contribution in [0, 0.1) is 0 Å². The first-order chi connectivity index (χ1) is 7.25. The van der Waals surface area contributed by atoms with Gasteiger partial charge < -0.3 is 22.1 Å². The molecule has 92 valence electrons. The summed E-state index contributed by atoms with van der Waals surface area (Å²) in [6.07, 6.45) is 0. The smallest absolute Gasteiger partial charge is 0.242 e. The fourth-order valence-electron chi connectivity index (χ4n) is 0.820. The van der Waals surface area contributed by atoms with Crippen LogP contribution in [0.1, 0.15) is 20.8 Å². The molecule has 3 amide bonds. The van der Waals surface area contributed by atoms with Crippen LogP contribution in [0.15, 0.2) is 0 Å². The van der Waals surface area contributed by atoms with Crippen molar-refractivity contribution in [3.63, 3.8) is 0 Å². The van der Waals surface area contributed by atoms with Crippen molar-refractivity contribution in [3.05, 3.63) is 0 Å². The van der Waals surface area contributed by atoms with Crippen molar-refractivity contribution in [1.82, 2.24) is 10.6 Å². The van der Waals surface area contributed by atoms with Crippen LogP contribution in [-0.4, -0.2) is 35.8 Å². The molecule has 7 heteroatoms. The maximum absolute atomic E-state index is 11.4. The summed E-state index contributed by atoms with van der Waals surface area (Å²) in [6, 6.07) is -2.23. The van der Waals surface area contributed by atoms with E-state index < -0.39 is 35.8 Å². The Hall–Kier alpha value is -1.63. The molecule has 0 aliphatic heterocycles.